The second kappa shape index (κ2) is 4.65. The minimum absolute atomic E-state index is 0.595. The lowest BCUT2D eigenvalue weighted by molar-refractivity contribution is 0.222. The maximum atomic E-state index is 10.3. The fraction of sp³-hybridized carbons (Fsp3) is 0.250. The van der Waals surface area contributed by atoms with Crippen LogP contribution >= 0.6 is 27.3 Å². The van der Waals surface area contributed by atoms with Gasteiger partial charge in [-0.1, -0.05) is 23.8 Å². The molecule has 0 saturated carbocycles. The Balaban J connectivity index is 2.41. The van der Waals surface area contributed by atoms with Gasteiger partial charge in [-0.25, -0.2) is 4.98 Å². The number of aliphatic hydroxyl groups excluding tert-OH is 1. The summed E-state index contributed by atoms with van der Waals surface area (Å²) in [6.45, 7) is 4.06. The third-order valence-electron chi connectivity index (χ3n) is 2.52. The molecule has 0 fully saturated rings. The quantitative estimate of drug-likeness (QED) is 0.919. The first-order chi connectivity index (χ1) is 7.59. The smallest absolute Gasteiger partial charge is 0.123 e. The standard InChI is InChI=1S/C12H12BrNOS/c1-7-3-4-9(8(2)5-7)10(15)11-12(13)14-6-16-11/h3-6,10,15H,1-2H3. The van der Waals surface area contributed by atoms with E-state index in [1.54, 1.807) is 5.51 Å². The molecule has 0 aliphatic rings. The third kappa shape index (κ3) is 2.19. The zero-order chi connectivity index (χ0) is 11.7. The summed E-state index contributed by atoms with van der Waals surface area (Å²) in [5, 5.41) is 10.3. The molecular weight excluding hydrogens is 286 g/mol. The van der Waals surface area contributed by atoms with Crippen molar-refractivity contribution in [3.63, 3.8) is 0 Å². The SMILES string of the molecule is Cc1ccc(C(O)c2scnc2Br)c(C)c1. The van der Waals surface area contributed by atoms with Crippen LogP contribution < -0.4 is 0 Å². The van der Waals surface area contributed by atoms with Gasteiger partial charge in [-0.2, -0.15) is 0 Å². The Morgan fingerprint density at radius 3 is 2.69 bits per heavy atom. The second-order valence-corrected chi connectivity index (χ2v) is 5.41. The van der Waals surface area contributed by atoms with Crippen LogP contribution in [0.15, 0.2) is 28.3 Å². The van der Waals surface area contributed by atoms with Crippen LogP contribution in [0.1, 0.15) is 27.7 Å². The Morgan fingerprint density at radius 1 is 1.38 bits per heavy atom. The average molecular weight is 298 g/mol. The van der Waals surface area contributed by atoms with Crippen molar-refractivity contribution in [3.05, 3.63) is 49.9 Å². The highest BCUT2D eigenvalue weighted by molar-refractivity contribution is 9.10. The van der Waals surface area contributed by atoms with E-state index < -0.39 is 6.10 Å². The number of aromatic nitrogens is 1. The molecule has 1 atom stereocenters. The number of aryl methyl sites for hydroxylation is 2. The molecule has 0 amide bonds. The molecule has 2 aromatic rings. The normalized spacial score (nSPS) is 12.8. The van der Waals surface area contributed by atoms with E-state index in [-0.39, 0.29) is 0 Å². The third-order valence-corrected chi connectivity index (χ3v) is 4.29. The van der Waals surface area contributed by atoms with Gasteiger partial charge in [-0.05, 0) is 40.9 Å². The van der Waals surface area contributed by atoms with Crippen LogP contribution in [0.3, 0.4) is 0 Å². The van der Waals surface area contributed by atoms with Gasteiger partial charge in [0.25, 0.3) is 0 Å². The number of rotatable bonds is 2. The minimum atomic E-state index is -0.595. The first-order valence-corrected chi connectivity index (χ1v) is 6.61. The number of hydrogen-bond donors (Lipinski definition) is 1. The Morgan fingerprint density at radius 2 is 2.12 bits per heavy atom. The van der Waals surface area contributed by atoms with Crippen LogP contribution in [0, 0.1) is 13.8 Å². The summed E-state index contributed by atoms with van der Waals surface area (Å²) in [6.07, 6.45) is -0.595. The topological polar surface area (TPSA) is 33.1 Å². The Kier molecular flexibility index (Phi) is 3.42. The fourth-order valence-corrected chi connectivity index (χ4v) is 3.11. The predicted octanol–water partition coefficient (Wildman–Crippen LogP) is 3.60. The van der Waals surface area contributed by atoms with E-state index >= 15 is 0 Å². The molecule has 1 aromatic carbocycles. The first-order valence-electron chi connectivity index (χ1n) is 4.93. The molecule has 2 rings (SSSR count). The molecule has 16 heavy (non-hydrogen) atoms. The minimum Gasteiger partial charge on any atom is -0.383 e. The largest absolute Gasteiger partial charge is 0.383 e. The van der Waals surface area contributed by atoms with E-state index in [4.69, 9.17) is 0 Å². The van der Waals surface area contributed by atoms with Crippen molar-refractivity contribution in [1.82, 2.24) is 4.98 Å². The van der Waals surface area contributed by atoms with E-state index in [0.717, 1.165) is 20.6 Å². The number of hydrogen-bond acceptors (Lipinski definition) is 3. The van der Waals surface area contributed by atoms with Crippen molar-refractivity contribution >= 4 is 27.3 Å². The van der Waals surface area contributed by atoms with Crippen molar-refractivity contribution in [2.24, 2.45) is 0 Å². The number of aliphatic hydroxyl groups is 1. The summed E-state index contributed by atoms with van der Waals surface area (Å²) in [5.41, 5.74) is 4.98. The van der Waals surface area contributed by atoms with Crippen molar-refractivity contribution in [3.8, 4) is 0 Å². The van der Waals surface area contributed by atoms with Crippen molar-refractivity contribution < 1.29 is 5.11 Å². The summed E-state index contributed by atoms with van der Waals surface area (Å²) in [4.78, 5) is 4.94. The van der Waals surface area contributed by atoms with Gasteiger partial charge in [0.05, 0.1) is 10.4 Å². The Hall–Kier alpha value is -0.710. The van der Waals surface area contributed by atoms with Gasteiger partial charge in [0.2, 0.25) is 0 Å². The monoisotopic (exact) mass is 297 g/mol. The van der Waals surface area contributed by atoms with E-state index in [9.17, 15) is 5.11 Å². The Bertz CT molecular complexity index is 509. The van der Waals surface area contributed by atoms with E-state index in [1.165, 1.54) is 16.9 Å². The highest BCUT2D eigenvalue weighted by Crippen LogP contribution is 2.32. The molecule has 1 unspecified atom stereocenters. The molecule has 0 bridgehead atoms. The summed E-state index contributed by atoms with van der Waals surface area (Å²) < 4.78 is 0.727. The molecule has 1 heterocycles. The van der Waals surface area contributed by atoms with Crippen LogP contribution in [0.2, 0.25) is 0 Å². The van der Waals surface area contributed by atoms with Gasteiger partial charge in [0.15, 0.2) is 0 Å². The second-order valence-electron chi connectivity index (χ2n) is 3.77. The lowest BCUT2D eigenvalue weighted by Crippen LogP contribution is -2.01. The maximum Gasteiger partial charge on any atom is 0.123 e. The summed E-state index contributed by atoms with van der Waals surface area (Å²) in [6, 6.07) is 6.06. The van der Waals surface area contributed by atoms with Crippen LogP contribution in [-0.2, 0) is 0 Å². The Labute approximate surface area is 107 Å². The number of nitrogens with zero attached hydrogens (tertiary/aromatic N) is 1. The molecule has 1 N–H and O–H groups in total. The lowest BCUT2D eigenvalue weighted by atomic mass is 10.0. The van der Waals surface area contributed by atoms with Crippen LogP contribution in [0.25, 0.3) is 0 Å². The summed E-state index contributed by atoms with van der Waals surface area (Å²) in [5.74, 6) is 0. The number of benzene rings is 1. The van der Waals surface area contributed by atoms with Gasteiger partial charge in [0, 0.05) is 0 Å². The van der Waals surface area contributed by atoms with Crippen LogP contribution in [0.4, 0.5) is 0 Å². The van der Waals surface area contributed by atoms with Crippen molar-refractivity contribution in [2.45, 2.75) is 20.0 Å². The zero-order valence-corrected chi connectivity index (χ0v) is 11.5. The molecular formula is C12H12BrNOS. The highest BCUT2D eigenvalue weighted by Gasteiger charge is 2.17. The molecule has 0 aliphatic carbocycles. The van der Waals surface area contributed by atoms with Gasteiger partial charge >= 0.3 is 0 Å². The fourth-order valence-electron chi connectivity index (χ4n) is 1.69. The molecule has 0 spiro atoms. The van der Waals surface area contributed by atoms with E-state index in [0.29, 0.717) is 0 Å². The lowest BCUT2D eigenvalue weighted by Gasteiger charge is -2.12. The molecule has 0 aliphatic heterocycles. The van der Waals surface area contributed by atoms with E-state index in [2.05, 4.69) is 27.0 Å². The number of thiazole rings is 1. The van der Waals surface area contributed by atoms with Crippen molar-refractivity contribution in [1.29, 1.82) is 0 Å². The molecule has 84 valence electrons. The maximum absolute atomic E-state index is 10.3. The van der Waals surface area contributed by atoms with Crippen LogP contribution in [-0.4, -0.2) is 10.1 Å². The summed E-state index contributed by atoms with van der Waals surface area (Å²) >= 11 is 4.80. The molecule has 4 heteroatoms. The van der Waals surface area contributed by atoms with Crippen molar-refractivity contribution in [2.75, 3.05) is 0 Å². The molecule has 0 saturated heterocycles. The predicted molar refractivity (Wildman–Crippen MR) is 69.8 cm³/mol. The van der Waals surface area contributed by atoms with Gasteiger partial charge in [-0.15, -0.1) is 11.3 Å². The number of halogens is 1. The van der Waals surface area contributed by atoms with Crippen LogP contribution in [0.5, 0.6) is 0 Å². The summed E-state index contributed by atoms with van der Waals surface area (Å²) in [7, 11) is 0. The van der Waals surface area contributed by atoms with E-state index in [1.807, 2.05) is 26.0 Å². The average Bonchev–Trinajstić information content (AvgIpc) is 2.63. The van der Waals surface area contributed by atoms with Gasteiger partial charge in [0.1, 0.15) is 10.7 Å². The van der Waals surface area contributed by atoms with Gasteiger partial charge in [-0.3, -0.25) is 0 Å². The molecule has 1 aromatic heterocycles. The first kappa shape index (κ1) is 11.8. The zero-order valence-electron chi connectivity index (χ0n) is 9.07. The highest BCUT2D eigenvalue weighted by atomic mass is 79.9. The van der Waals surface area contributed by atoms with Gasteiger partial charge < -0.3 is 5.11 Å². The molecule has 2 nitrogen and oxygen atoms in total. The molecule has 0 radical (unpaired) electrons.